The van der Waals surface area contributed by atoms with Crippen molar-refractivity contribution in [3.8, 4) is 34.5 Å². The molecule has 0 aliphatic carbocycles. The number of phenolic OH excluding ortho intramolecular Hbond substituents is 1. The molecule has 0 atom stereocenters. The number of aromatic hydroxyl groups is 1. The Kier molecular flexibility index (Phi) is 20.8. The predicted octanol–water partition coefficient (Wildman–Crippen LogP) is 9.31. The molecule has 0 aliphatic rings. The summed E-state index contributed by atoms with van der Waals surface area (Å²) in [7, 11) is -9.27. The molecule has 0 spiro atoms. The van der Waals surface area contributed by atoms with Gasteiger partial charge >= 0.3 is 37.7 Å². The largest absolute Gasteiger partial charge is 2.00 e. The van der Waals surface area contributed by atoms with Crippen LogP contribution in [-0.4, -0.2) is 68.8 Å². The van der Waals surface area contributed by atoms with Crippen LogP contribution in [0.3, 0.4) is 0 Å². The Morgan fingerprint density at radius 3 is 1.42 bits per heavy atom. The Bertz CT molecular complexity index is 1740. The van der Waals surface area contributed by atoms with Crippen LogP contribution in [0.1, 0.15) is 102 Å². The molecule has 284 valence electrons. The molecule has 0 heterocycles. The number of ether oxygens (including phenoxy) is 2. The summed E-state index contributed by atoms with van der Waals surface area (Å²) in [5.74, 6) is -0.106. The smallest absolute Gasteiger partial charge is 0.872 e. The van der Waals surface area contributed by atoms with E-state index in [1.165, 1.54) is 93.5 Å². The van der Waals surface area contributed by atoms with Gasteiger partial charge in [0.25, 0.3) is 10.1 Å². The number of aryl methyl sites for hydroxylation is 2. The summed E-state index contributed by atoms with van der Waals surface area (Å²) >= 11 is 0. The van der Waals surface area contributed by atoms with Gasteiger partial charge in [0.05, 0.1) is 4.90 Å². The SMILES string of the molecule is CCCCCCCCc1ccc(Oc2ccc(O)cc2S(=O)(=O)O)cc1.CCCCCCCCc1ccc(Oc2ccc([O-])cc2S(=O)(=O)[O-])cc1.[Ca+2]. The first-order valence-corrected chi connectivity index (χ1v) is 20.8. The van der Waals surface area contributed by atoms with Crippen LogP contribution in [-0.2, 0) is 33.1 Å². The molecular weight excluding hydrogens is 745 g/mol. The number of phenols is 1. The Labute approximate surface area is 345 Å². The van der Waals surface area contributed by atoms with Gasteiger partial charge in [0.15, 0.2) is 0 Å². The fourth-order valence-corrected chi connectivity index (χ4v) is 6.72. The monoisotopic (exact) mass is 794 g/mol. The first-order chi connectivity index (χ1) is 24.8. The maximum atomic E-state index is 11.4. The van der Waals surface area contributed by atoms with E-state index in [9.17, 15) is 36.2 Å². The fraction of sp³-hybridized carbons (Fsp3) is 0.400. The average Bonchev–Trinajstić information content (AvgIpc) is 3.10. The zero-order valence-electron chi connectivity index (χ0n) is 30.7. The van der Waals surface area contributed by atoms with E-state index in [0.717, 1.165) is 43.9 Å². The molecule has 4 rings (SSSR count). The van der Waals surface area contributed by atoms with Crippen LogP contribution in [0, 0.1) is 0 Å². The topological polar surface area (TPSA) is 173 Å². The number of rotatable bonds is 20. The van der Waals surface area contributed by atoms with Crippen LogP contribution in [0.25, 0.3) is 0 Å². The molecule has 10 nitrogen and oxygen atoms in total. The van der Waals surface area contributed by atoms with Gasteiger partial charge in [-0.05, 0) is 85.3 Å². The quantitative estimate of drug-likeness (QED) is 0.0499. The molecule has 0 saturated carbocycles. The van der Waals surface area contributed by atoms with Gasteiger partial charge in [-0.15, -0.1) is 5.75 Å². The average molecular weight is 795 g/mol. The molecule has 4 aromatic rings. The van der Waals surface area contributed by atoms with Crippen molar-refractivity contribution in [2.24, 2.45) is 0 Å². The van der Waals surface area contributed by atoms with E-state index in [-0.39, 0.29) is 55.0 Å². The van der Waals surface area contributed by atoms with Crippen molar-refractivity contribution in [3.05, 3.63) is 96.1 Å². The fourth-order valence-electron chi connectivity index (χ4n) is 5.47. The zero-order chi connectivity index (χ0) is 38.0. The van der Waals surface area contributed by atoms with E-state index >= 15 is 0 Å². The van der Waals surface area contributed by atoms with Crippen LogP contribution in [0.5, 0.6) is 34.5 Å². The van der Waals surface area contributed by atoms with E-state index in [0.29, 0.717) is 11.5 Å². The molecule has 4 aromatic carbocycles. The Morgan fingerprint density at radius 2 is 0.981 bits per heavy atom. The third kappa shape index (κ3) is 17.4. The molecule has 0 aromatic heterocycles. The van der Waals surface area contributed by atoms with Crippen molar-refractivity contribution in [2.75, 3.05) is 0 Å². The van der Waals surface area contributed by atoms with E-state index < -0.39 is 35.8 Å². The van der Waals surface area contributed by atoms with Crippen molar-refractivity contribution in [3.63, 3.8) is 0 Å². The second kappa shape index (κ2) is 23.8. The Hall–Kier alpha value is -2.84. The second-order valence-corrected chi connectivity index (χ2v) is 15.4. The summed E-state index contributed by atoms with van der Waals surface area (Å²) in [6, 6.07) is 21.5. The molecule has 0 saturated heterocycles. The summed E-state index contributed by atoms with van der Waals surface area (Å²) < 4.78 is 77.1. The minimum Gasteiger partial charge on any atom is -0.872 e. The van der Waals surface area contributed by atoms with E-state index in [2.05, 4.69) is 13.8 Å². The van der Waals surface area contributed by atoms with Gasteiger partial charge in [0, 0.05) is 6.07 Å². The van der Waals surface area contributed by atoms with E-state index in [4.69, 9.17) is 9.47 Å². The van der Waals surface area contributed by atoms with Gasteiger partial charge in [-0.25, -0.2) is 8.42 Å². The molecule has 0 unspecified atom stereocenters. The summed E-state index contributed by atoms with van der Waals surface area (Å²) in [6.45, 7) is 4.41. The van der Waals surface area contributed by atoms with Gasteiger partial charge in [0.1, 0.15) is 43.8 Å². The van der Waals surface area contributed by atoms with Gasteiger partial charge in [-0.1, -0.05) is 108 Å². The third-order valence-corrected chi connectivity index (χ3v) is 10.1. The van der Waals surface area contributed by atoms with Crippen molar-refractivity contribution in [1.29, 1.82) is 0 Å². The number of benzene rings is 4. The van der Waals surface area contributed by atoms with Crippen molar-refractivity contribution in [2.45, 2.75) is 114 Å². The normalized spacial score (nSPS) is 11.2. The summed E-state index contributed by atoms with van der Waals surface area (Å²) in [6.07, 6.45) is 16.9. The van der Waals surface area contributed by atoms with Crippen molar-refractivity contribution < 1.29 is 45.6 Å². The minimum absolute atomic E-state index is 0. The van der Waals surface area contributed by atoms with Gasteiger partial charge in [0.2, 0.25) is 0 Å². The molecular formula is C40H50CaO10S2. The van der Waals surface area contributed by atoms with Gasteiger partial charge in [-0.3, -0.25) is 4.55 Å². The Balaban J connectivity index is 0.000000360. The maximum Gasteiger partial charge on any atom is 2.00 e. The molecule has 2 N–H and O–H groups in total. The van der Waals surface area contributed by atoms with Crippen molar-refractivity contribution >= 4 is 58.0 Å². The maximum absolute atomic E-state index is 11.4. The zero-order valence-corrected chi connectivity index (χ0v) is 34.5. The van der Waals surface area contributed by atoms with E-state index in [1.807, 2.05) is 24.3 Å². The molecule has 0 radical (unpaired) electrons. The van der Waals surface area contributed by atoms with Crippen LogP contribution in [0.4, 0.5) is 0 Å². The van der Waals surface area contributed by atoms with Crippen LogP contribution in [0.2, 0.25) is 0 Å². The molecule has 0 aliphatic heterocycles. The first-order valence-electron chi connectivity index (χ1n) is 17.9. The molecule has 0 fully saturated rings. The van der Waals surface area contributed by atoms with Gasteiger partial charge in [-0.2, -0.15) is 8.42 Å². The number of hydrogen-bond acceptors (Lipinski definition) is 9. The minimum atomic E-state index is -4.78. The summed E-state index contributed by atoms with van der Waals surface area (Å²) in [5.41, 5.74) is 2.38. The molecule has 13 heteroatoms. The van der Waals surface area contributed by atoms with Crippen LogP contribution < -0.4 is 14.6 Å². The van der Waals surface area contributed by atoms with Crippen molar-refractivity contribution in [1.82, 2.24) is 0 Å². The standard InChI is InChI=1S/2C20H26O5S.Ca/c2*1-2-3-4-5-6-7-8-16-9-12-18(13-10-16)25-19-14-11-17(21)15-20(19)26(22,23)24;/h2*9-15,21H,2-8H2,1H3,(H,22,23,24);/q;;+2/p-2. The molecule has 0 amide bonds. The second-order valence-electron chi connectivity index (χ2n) is 12.7. The number of hydrogen-bond donors (Lipinski definition) is 2. The van der Waals surface area contributed by atoms with E-state index in [1.54, 1.807) is 24.3 Å². The molecule has 0 bridgehead atoms. The van der Waals surface area contributed by atoms with Gasteiger partial charge < -0.3 is 24.2 Å². The van der Waals surface area contributed by atoms with Crippen LogP contribution in [0.15, 0.2) is 94.7 Å². The summed E-state index contributed by atoms with van der Waals surface area (Å²) in [4.78, 5) is -1.10. The predicted molar refractivity (Wildman–Crippen MR) is 205 cm³/mol. The summed E-state index contributed by atoms with van der Waals surface area (Å²) in [5, 5.41) is 20.7. The number of unbranched alkanes of at least 4 members (excludes halogenated alkanes) is 10. The first kappa shape index (κ1) is 46.3. The third-order valence-electron chi connectivity index (χ3n) is 8.33. The molecule has 53 heavy (non-hydrogen) atoms. The van der Waals surface area contributed by atoms with Crippen LogP contribution >= 0.6 is 0 Å². The Morgan fingerprint density at radius 1 is 0.566 bits per heavy atom.